The summed E-state index contributed by atoms with van der Waals surface area (Å²) >= 11 is 1.62. The van der Waals surface area contributed by atoms with E-state index in [4.69, 9.17) is 4.74 Å². The van der Waals surface area contributed by atoms with Crippen molar-refractivity contribution in [2.24, 2.45) is 11.8 Å². The maximum atomic E-state index is 14.6. The minimum atomic E-state index is -0.793. The first kappa shape index (κ1) is 26.7. The predicted molar refractivity (Wildman–Crippen MR) is 142 cm³/mol. The summed E-state index contributed by atoms with van der Waals surface area (Å²) in [6, 6.07) is 4.68. The molecular weight excluding hydrogens is 476 g/mol. The van der Waals surface area contributed by atoms with Crippen molar-refractivity contribution in [3.63, 3.8) is 0 Å². The van der Waals surface area contributed by atoms with E-state index in [1.807, 2.05) is 45.9 Å². The second-order valence-corrected chi connectivity index (χ2v) is 12.4. The van der Waals surface area contributed by atoms with Crippen LogP contribution in [0.15, 0.2) is 30.9 Å². The van der Waals surface area contributed by atoms with Crippen molar-refractivity contribution in [2.45, 2.75) is 75.5 Å². The minimum Gasteiger partial charge on any atom is -0.466 e. The summed E-state index contributed by atoms with van der Waals surface area (Å²) in [5, 5.41) is 10.3. The molecule has 1 N–H and O–H groups in total. The molecule has 7 nitrogen and oxygen atoms in total. The maximum absolute atomic E-state index is 14.6. The Hall–Kier alpha value is -2.32. The van der Waals surface area contributed by atoms with E-state index in [1.165, 1.54) is 0 Å². The summed E-state index contributed by atoms with van der Waals surface area (Å²) in [4.78, 5) is 45.3. The highest BCUT2D eigenvalue weighted by atomic mass is 32.2. The molecule has 2 unspecified atom stereocenters. The van der Waals surface area contributed by atoms with E-state index in [9.17, 15) is 19.5 Å². The van der Waals surface area contributed by atoms with Crippen LogP contribution in [0.3, 0.4) is 0 Å². The second kappa shape index (κ2) is 9.86. The number of aliphatic hydroxyl groups is 1. The van der Waals surface area contributed by atoms with E-state index in [2.05, 4.69) is 6.58 Å². The van der Waals surface area contributed by atoms with Crippen LogP contribution in [0, 0.1) is 25.7 Å². The summed E-state index contributed by atoms with van der Waals surface area (Å²) in [6.45, 7) is 13.8. The molecule has 36 heavy (non-hydrogen) atoms. The van der Waals surface area contributed by atoms with Gasteiger partial charge < -0.3 is 19.6 Å². The van der Waals surface area contributed by atoms with Gasteiger partial charge in [0.2, 0.25) is 5.91 Å². The normalized spacial score (nSPS) is 31.3. The van der Waals surface area contributed by atoms with E-state index in [0.717, 1.165) is 23.2 Å². The zero-order valence-electron chi connectivity index (χ0n) is 22.0. The van der Waals surface area contributed by atoms with Crippen LogP contribution in [-0.2, 0) is 19.1 Å². The number of rotatable bonds is 9. The van der Waals surface area contributed by atoms with Gasteiger partial charge >= 0.3 is 5.97 Å². The van der Waals surface area contributed by atoms with Gasteiger partial charge in [0, 0.05) is 17.0 Å². The zero-order valence-corrected chi connectivity index (χ0v) is 22.8. The number of esters is 1. The monoisotopic (exact) mass is 514 g/mol. The molecule has 2 amide bonds. The summed E-state index contributed by atoms with van der Waals surface area (Å²) in [5.74, 6) is -2.04. The van der Waals surface area contributed by atoms with Crippen molar-refractivity contribution in [3.05, 3.63) is 42.0 Å². The highest BCUT2D eigenvalue weighted by Gasteiger charge is 2.78. The highest BCUT2D eigenvalue weighted by molar-refractivity contribution is 8.02. The lowest BCUT2D eigenvalue weighted by Crippen LogP contribution is -2.57. The molecule has 3 fully saturated rings. The number of anilines is 1. The molecule has 0 aliphatic carbocycles. The molecule has 196 valence electrons. The molecule has 3 saturated heterocycles. The molecule has 1 aromatic rings. The number of amides is 2. The molecule has 3 aliphatic heterocycles. The Morgan fingerprint density at radius 1 is 1.33 bits per heavy atom. The van der Waals surface area contributed by atoms with Crippen molar-refractivity contribution in [2.75, 3.05) is 24.7 Å². The van der Waals surface area contributed by atoms with Crippen LogP contribution < -0.4 is 4.90 Å². The van der Waals surface area contributed by atoms with Gasteiger partial charge in [0.15, 0.2) is 0 Å². The molecular formula is C28H38N2O5S. The van der Waals surface area contributed by atoms with E-state index < -0.39 is 33.4 Å². The van der Waals surface area contributed by atoms with Gasteiger partial charge in [-0.2, -0.15) is 0 Å². The lowest BCUT2D eigenvalue weighted by atomic mass is 9.66. The van der Waals surface area contributed by atoms with Gasteiger partial charge in [0.25, 0.3) is 5.91 Å². The molecule has 0 aromatic heterocycles. The van der Waals surface area contributed by atoms with E-state index >= 15 is 0 Å². The zero-order chi connectivity index (χ0) is 26.4. The van der Waals surface area contributed by atoms with Gasteiger partial charge in [0.05, 0.1) is 35.8 Å². The van der Waals surface area contributed by atoms with Gasteiger partial charge in [-0.3, -0.25) is 14.4 Å². The molecule has 2 bridgehead atoms. The van der Waals surface area contributed by atoms with Crippen LogP contribution in [-0.4, -0.2) is 69.1 Å². The van der Waals surface area contributed by atoms with Crippen molar-refractivity contribution in [3.8, 4) is 0 Å². The topological polar surface area (TPSA) is 87.2 Å². The largest absolute Gasteiger partial charge is 0.466 e. The van der Waals surface area contributed by atoms with Crippen LogP contribution in [0.5, 0.6) is 0 Å². The molecule has 8 heteroatoms. The Morgan fingerprint density at radius 3 is 2.67 bits per heavy atom. The van der Waals surface area contributed by atoms with Crippen molar-refractivity contribution in [1.82, 2.24) is 4.90 Å². The maximum Gasteiger partial charge on any atom is 0.311 e. The van der Waals surface area contributed by atoms with E-state index in [0.29, 0.717) is 19.4 Å². The summed E-state index contributed by atoms with van der Waals surface area (Å²) < 4.78 is 4.22. The van der Waals surface area contributed by atoms with Crippen LogP contribution in [0.1, 0.15) is 51.2 Å². The van der Waals surface area contributed by atoms with Gasteiger partial charge in [0.1, 0.15) is 6.04 Å². The number of carbonyl (C=O) groups excluding carboxylic acids is 3. The number of aliphatic hydroxyl groups excluding tert-OH is 1. The smallest absolute Gasteiger partial charge is 0.311 e. The van der Waals surface area contributed by atoms with E-state index in [1.54, 1.807) is 34.6 Å². The first-order chi connectivity index (χ1) is 17.1. The Morgan fingerprint density at radius 2 is 2.06 bits per heavy atom. The summed E-state index contributed by atoms with van der Waals surface area (Å²) in [7, 11) is 0. The Bertz CT molecular complexity index is 1070. The minimum absolute atomic E-state index is 0.187. The van der Waals surface area contributed by atoms with E-state index in [-0.39, 0.29) is 31.0 Å². The number of carbonyl (C=O) groups is 3. The molecule has 6 atom stereocenters. The third-order valence-corrected chi connectivity index (χ3v) is 10.3. The SMILES string of the molecule is C=CCN(C(=O)C1N([C@@H](CC)CO)C(=O)[C@@H]2[C@H](C(=O)OCC)[C@]3(C)CCC12S3)c1cc(C)ccc1C. The molecule has 0 radical (unpaired) electrons. The Labute approximate surface area is 218 Å². The first-order valence-corrected chi connectivity index (χ1v) is 13.7. The third-order valence-electron chi connectivity index (χ3n) is 8.30. The number of hydrogen-bond acceptors (Lipinski definition) is 6. The lowest BCUT2D eigenvalue weighted by molar-refractivity contribution is -0.155. The number of ether oxygens (including phenoxy) is 1. The standard InChI is InChI=1S/C28H38N2O5S/c1-7-14-29(20-15-17(4)10-11-18(20)5)25(33)23-28-13-12-27(6,36-28)22(26(34)35-9-3)21(28)24(32)30(23)19(8-2)16-31/h7,10-11,15,19,21-23,31H,1,8-9,12-14,16H2,2-6H3/t19-,21-,22+,23?,27-,28?/m0/s1. The number of nitrogens with zero attached hydrogens (tertiary/aromatic N) is 2. The molecule has 4 rings (SSSR count). The number of likely N-dealkylation sites (tertiary alicyclic amines) is 1. The van der Waals surface area contributed by atoms with Gasteiger partial charge in [-0.05, 0) is 64.2 Å². The molecule has 1 aromatic carbocycles. The molecule has 1 spiro atoms. The Balaban J connectivity index is 1.87. The average Bonchev–Trinajstić information content (AvgIpc) is 3.41. The fourth-order valence-electron chi connectivity index (χ4n) is 6.63. The number of fused-ring (bicyclic) bond motifs is 1. The fraction of sp³-hybridized carbons (Fsp3) is 0.607. The molecule has 3 aliphatic rings. The first-order valence-electron chi connectivity index (χ1n) is 12.9. The number of hydrogen-bond donors (Lipinski definition) is 1. The molecule has 0 saturated carbocycles. The van der Waals surface area contributed by atoms with Crippen LogP contribution in [0.2, 0.25) is 0 Å². The lowest BCUT2D eigenvalue weighted by Gasteiger charge is -2.39. The van der Waals surface area contributed by atoms with Crippen LogP contribution >= 0.6 is 11.8 Å². The van der Waals surface area contributed by atoms with Gasteiger partial charge in [-0.1, -0.05) is 25.1 Å². The third kappa shape index (κ3) is 3.88. The number of benzene rings is 1. The van der Waals surface area contributed by atoms with Crippen molar-refractivity contribution >= 4 is 35.2 Å². The van der Waals surface area contributed by atoms with Crippen LogP contribution in [0.25, 0.3) is 0 Å². The predicted octanol–water partition coefficient (Wildman–Crippen LogP) is 3.64. The Kier molecular flexibility index (Phi) is 7.32. The van der Waals surface area contributed by atoms with Gasteiger partial charge in [-0.15, -0.1) is 18.3 Å². The fourth-order valence-corrected chi connectivity index (χ4v) is 8.96. The number of aryl methyl sites for hydroxylation is 2. The number of thioether (sulfide) groups is 1. The quantitative estimate of drug-likeness (QED) is 0.400. The second-order valence-electron chi connectivity index (χ2n) is 10.5. The van der Waals surface area contributed by atoms with Crippen molar-refractivity contribution < 1.29 is 24.2 Å². The van der Waals surface area contributed by atoms with Crippen LogP contribution in [0.4, 0.5) is 5.69 Å². The highest BCUT2D eigenvalue weighted by Crippen LogP contribution is 2.71. The average molecular weight is 515 g/mol. The summed E-state index contributed by atoms with van der Waals surface area (Å²) in [6.07, 6.45) is 3.58. The van der Waals surface area contributed by atoms with Crippen molar-refractivity contribution in [1.29, 1.82) is 0 Å². The van der Waals surface area contributed by atoms with Gasteiger partial charge in [-0.25, -0.2) is 0 Å². The summed E-state index contributed by atoms with van der Waals surface area (Å²) in [5.41, 5.74) is 2.77. The molecule has 3 heterocycles.